The van der Waals surface area contributed by atoms with E-state index in [0.29, 0.717) is 5.69 Å². The largest absolute Gasteiger partial charge is 0.391 e. The third kappa shape index (κ3) is 4.48. The second-order valence-corrected chi connectivity index (χ2v) is 4.62. The van der Waals surface area contributed by atoms with Gasteiger partial charge < -0.3 is 25.5 Å². The molecule has 0 aliphatic carbocycles. The van der Waals surface area contributed by atoms with Gasteiger partial charge in [-0.3, -0.25) is 9.97 Å². The number of hydrogen-bond acceptors (Lipinski definition) is 7. The molecular weight excluding hydrogens is 252 g/mol. The lowest BCUT2D eigenvalue weighted by Crippen LogP contribution is -2.31. The highest BCUT2D eigenvalue weighted by atomic mass is 16.4. The molecule has 7 nitrogen and oxygen atoms in total. The second kappa shape index (κ2) is 6.88. The predicted molar refractivity (Wildman–Crippen MR) is 66.1 cm³/mol. The van der Waals surface area contributed by atoms with E-state index < -0.39 is 30.5 Å². The van der Waals surface area contributed by atoms with Crippen LogP contribution >= 0.6 is 0 Å². The molecule has 1 rings (SSSR count). The van der Waals surface area contributed by atoms with Gasteiger partial charge in [-0.25, -0.2) is 0 Å². The van der Waals surface area contributed by atoms with Crippen LogP contribution in [0.2, 0.25) is 0 Å². The summed E-state index contributed by atoms with van der Waals surface area (Å²) in [5.74, 6) is 0. The van der Waals surface area contributed by atoms with Crippen molar-refractivity contribution in [3.8, 4) is 0 Å². The first-order chi connectivity index (χ1) is 8.82. The maximum absolute atomic E-state index is 9.80. The van der Waals surface area contributed by atoms with Crippen LogP contribution in [0.4, 0.5) is 0 Å². The lowest BCUT2D eigenvalue weighted by atomic mass is 10.1. The normalized spacial score (nSPS) is 19.5. The summed E-state index contributed by atoms with van der Waals surface area (Å²) in [7, 11) is 0. The van der Waals surface area contributed by atoms with Gasteiger partial charge in [0.1, 0.15) is 12.2 Å². The summed E-state index contributed by atoms with van der Waals surface area (Å²) in [5.41, 5.74) is 0.478. The Morgan fingerprint density at radius 2 is 1.63 bits per heavy atom. The minimum absolute atomic E-state index is 0.0794. The van der Waals surface area contributed by atoms with Crippen molar-refractivity contribution in [2.24, 2.45) is 0 Å². The summed E-state index contributed by atoms with van der Waals surface area (Å²) in [4.78, 5) is 7.90. The van der Waals surface area contributed by atoms with Crippen LogP contribution in [0, 0.1) is 0 Å². The molecule has 5 atom stereocenters. The van der Waals surface area contributed by atoms with E-state index in [2.05, 4.69) is 9.97 Å². The molecule has 0 aromatic carbocycles. The molecule has 0 fully saturated rings. The number of hydrogen-bond donors (Lipinski definition) is 5. The number of aromatic nitrogens is 2. The Kier molecular flexibility index (Phi) is 5.77. The smallest absolute Gasteiger partial charge is 0.126 e. The van der Waals surface area contributed by atoms with Crippen molar-refractivity contribution in [2.75, 3.05) is 0 Å². The highest BCUT2D eigenvalue weighted by molar-refractivity contribution is 5.08. The van der Waals surface area contributed by atoms with Gasteiger partial charge in [0.25, 0.3) is 0 Å². The summed E-state index contributed by atoms with van der Waals surface area (Å²) in [6, 6.07) is 0. The fraction of sp³-hybridized carbons (Fsp3) is 0.667. The molecule has 0 unspecified atom stereocenters. The molecule has 1 heterocycles. The fourth-order valence-electron chi connectivity index (χ4n) is 1.49. The summed E-state index contributed by atoms with van der Waals surface area (Å²) in [6.07, 6.45) is -2.98. The quantitative estimate of drug-likeness (QED) is 0.428. The van der Waals surface area contributed by atoms with Gasteiger partial charge in [0.2, 0.25) is 0 Å². The maximum atomic E-state index is 9.80. The minimum atomic E-state index is -1.37. The fourth-order valence-corrected chi connectivity index (χ4v) is 1.49. The van der Waals surface area contributed by atoms with Gasteiger partial charge in [-0.2, -0.15) is 0 Å². The van der Waals surface area contributed by atoms with Gasteiger partial charge in [-0.05, 0) is 13.8 Å². The third-order valence-corrected chi connectivity index (χ3v) is 2.80. The Morgan fingerprint density at radius 3 is 2.16 bits per heavy atom. The minimum Gasteiger partial charge on any atom is -0.391 e. The SMILES string of the molecule is C[C@H](O)[C@H](O)[C@H](O)c1cncc(C[C@@H](O)[C@H](C)O)n1. The zero-order valence-corrected chi connectivity index (χ0v) is 10.9. The third-order valence-electron chi connectivity index (χ3n) is 2.80. The standard InChI is InChI=1S/C12H20N2O5/c1-6(15)10(17)3-8-4-13-5-9(14-8)12(19)11(18)7(2)16/h4-7,10-12,15-19H,3H2,1-2H3/t6-,7-,10+,11-,12+/m0/s1. The molecule has 0 aliphatic rings. The van der Waals surface area contributed by atoms with Crippen LogP contribution in [0.15, 0.2) is 12.4 Å². The number of rotatable bonds is 6. The predicted octanol–water partition coefficient (Wildman–Crippen LogP) is -1.46. The Balaban J connectivity index is 2.82. The Bertz CT molecular complexity index is 399. The van der Waals surface area contributed by atoms with Gasteiger partial charge in [-0.1, -0.05) is 0 Å². The average molecular weight is 272 g/mol. The topological polar surface area (TPSA) is 127 Å². The summed E-state index contributed by atoms with van der Waals surface area (Å²) in [5, 5.41) is 47.3. The summed E-state index contributed by atoms with van der Waals surface area (Å²) < 4.78 is 0. The Morgan fingerprint density at radius 1 is 1.00 bits per heavy atom. The van der Waals surface area contributed by atoms with Gasteiger partial charge in [0, 0.05) is 12.6 Å². The molecule has 0 bridgehead atoms. The number of nitrogens with zero attached hydrogens (tertiary/aromatic N) is 2. The van der Waals surface area contributed by atoms with E-state index in [-0.39, 0.29) is 12.1 Å². The van der Waals surface area contributed by atoms with Crippen LogP contribution in [0.3, 0.4) is 0 Å². The lowest BCUT2D eigenvalue weighted by Gasteiger charge is -2.20. The van der Waals surface area contributed by atoms with Crippen LogP contribution < -0.4 is 0 Å². The first-order valence-electron chi connectivity index (χ1n) is 6.04. The maximum Gasteiger partial charge on any atom is 0.126 e. The first kappa shape index (κ1) is 15.9. The van der Waals surface area contributed by atoms with E-state index in [4.69, 9.17) is 0 Å². The molecular formula is C12H20N2O5. The molecule has 0 aliphatic heterocycles. The van der Waals surface area contributed by atoms with Crippen molar-refractivity contribution in [3.05, 3.63) is 23.8 Å². The van der Waals surface area contributed by atoms with Crippen LogP contribution in [0.1, 0.15) is 31.3 Å². The molecule has 1 aromatic rings. The van der Waals surface area contributed by atoms with Crippen LogP contribution in [0.25, 0.3) is 0 Å². The average Bonchev–Trinajstić information content (AvgIpc) is 2.37. The molecule has 19 heavy (non-hydrogen) atoms. The number of aliphatic hydroxyl groups is 5. The van der Waals surface area contributed by atoms with Crippen molar-refractivity contribution in [1.82, 2.24) is 9.97 Å². The van der Waals surface area contributed by atoms with E-state index in [0.717, 1.165) is 0 Å². The van der Waals surface area contributed by atoms with Crippen molar-refractivity contribution in [3.63, 3.8) is 0 Å². The van der Waals surface area contributed by atoms with Crippen molar-refractivity contribution < 1.29 is 25.5 Å². The zero-order valence-electron chi connectivity index (χ0n) is 10.9. The molecule has 0 saturated carbocycles. The molecule has 0 amide bonds. The summed E-state index contributed by atoms with van der Waals surface area (Å²) >= 11 is 0. The lowest BCUT2D eigenvalue weighted by molar-refractivity contribution is -0.0550. The van der Waals surface area contributed by atoms with Crippen molar-refractivity contribution >= 4 is 0 Å². The van der Waals surface area contributed by atoms with Gasteiger partial charge in [0.15, 0.2) is 0 Å². The van der Waals surface area contributed by atoms with Crippen LogP contribution in [-0.2, 0) is 6.42 Å². The van der Waals surface area contributed by atoms with E-state index in [1.54, 1.807) is 0 Å². The monoisotopic (exact) mass is 272 g/mol. The summed E-state index contributed by atoms with van der Waals surface area (Å²) in [6.45, 7) is 2.80. The molecule has 0 spiro atoms. The van der Waals surface area contributed by atoms with E-state index in [1.807, 2.05) is 0 Å². The first-order valence-corrected chi connectivity index (χ1v) is 6.04. The Hall–Kier alpha value is -1.12. The van der Waals surface area contributed by atoms with E-state index >= 15 is 0 Å². The second-order valence-electron chi connectivity index (χ2n) is 4.62. The molecule has 5 N–H and O–H groups in total. The molecule has 108 valence electrons. The Labute approximate surface area is 111 Å². The van der Waals surface area contributed by atoms with Crippen molar-refractivity contribution in [1.29, 1.82) is 0 Å². The molecule has 7 heteroatoms. The highest BCUT2D eigenvalue weighted by Gasteiger charge is 2.24. The molecule has 0 saturated heterocycles. The van der Waals surface area contributed by atoms with E-state index in [1.165, 1.54) is 26.2 Å². The van der Waals surface area contributed by atoms with Gasteiger partial charge in [-0.15, -0.1) is 0 Å². The molecule has 0 radical (unpaired) electrons. The van der Waals surface area contributed by atoms with E-state index in [9.17, 15) is 25.5 Å². The van der Waals surface area contributed by atoms with Crippen molar-refractivity contribution in [2.45, 2.75) is 50.8 Å². The van der Waals surface area contributed by atoms with Gasteiger partial charge >= 0.3 is 0 Å². The van der Waals surface area contributed by atoms with Gasteiger partial charge in [0.05, 0.1) is 35.9 Å². The molecule has 1 aromatic heterocycles. The zero-order chi connectivity index (χ0) is 14.6. The van der Waals surface area contributed by atoms with Crippen LogP contribution in [0.5, 0.6) is 0 Å². The number of aliphatic hydroxyl groups excluding tert-OH is 5. The highest BCUT2D eigenvalue weighted by Crippen LogP contribution is 2.17. The van der Waals surface area contributed by atoms with Crippen LogP contribution in [-0.4, -0.2) is 59.9 Å².